The van der Waals surface area contributed by atoms with Gasteiger partial charge in [0.05, 0.1) is 0 Å². The molecule has 1 N–H and O–H groups in total. The smallest absolute Gasteiger partial charge is 0.349 e. The second-order valence-electron chi connectivity index (χ2n) is 9.32. The standard InChI is InChI=1S/C29H27NO6/c1-29(2,3)23-11-7-8-12-24(23)34-18-26(31)35-21-14-13-20-15-22(28(33)36-25(20)16-21)27(32)30-17-19-9-5-4-6-10-19/h4-16H,17-18H2,1-3H3,(H,30,32). The number of hydrogen-bond acceptors (Lipinski definition) is 6. The topological polar surface area (TPSA) is 94.8 Å². The molecule has 0 bridgehead atoms. The molecule has 36 heavy (non-hydrogen) atoms. The van der Waals surface area contributed by atoms with Gasteiger partial charge in [-0.25, -0.2) is 9.59 Å². The molecule has 0 aliphatic rings. The van der Waals surface area contributed by atoms with Gasteiger partial charge in [0.1, 0.15) is 22.6 Å². The molecule has 0 spiro atoms. The largest absolute Gasteiger partial charge is 0.482 e. The van der Waals surface area contributed by atoms with Crippen LogP contribution in [0.5, 0.6) is 11.5 Å². The SMILES string of the molecule is CC(C)(C)c1ccccc1OCC(=O)Oc1ccc2cc(C(=O)NCc3ccccc3)c(=O)oc2c1. The van der Waals surface area contributed by atoms with Crippen molar-refractivity contribution in [3.05, 3.63) is 106 Å². The van der Waals surface area contributed by atoms with Gasteiger partial charge in [0.15, 0.2) is 6.61 Å². The predicted octanol–water partition coefficient (Wildman–Crippen LogP) is 5.00. The third-order valence-corrected chi connectivity index (χ3v) is 5.52. The van der Waals surface area contributed by atoms with E-state index in [4.69, 9.17) is 13.9 Å². The zero-order valence-electron chi connectivity index (χ0n) is 20.4. The third-order valence-electron chi connectivity index (χ3n) is 5.52. The first-order valence-corrected chi connectivity index (χ1v) is 11.5. The van der Waals surface area contributed by atoms with E-state index in [9.17, 15) is 14.4 Å². The maximum atomic E-state index is 12.5. The Morgan fingerprint density at radius 3 is 2.39 bits per heavy atom. The van der Waals surface area contributed by atoms with Crippen LogP contribution >= 0.6 is 0 Å². The fourth-order valence-corrected chi connectivity index (χ4v) is 3.70. The highest BCUT2D eigenvalue weighted by Gasteiger charge is 2.19. The van der Waals surface area contributed by atoms with Crippen LogP contribution in [0.25, 0.3) is 11.0 Å². The second kappa shape index (κ2) is 10.5. The van der Waals surface area contributed by atoms with Crippen LogP contribution in [0.4, 0.5) is 0 Å². The molecule has 0 radical (unpaired) electrons. The Balaban J connectivity index is 1.42. The van der Waals surface area contributed by atoms with Gasteiger partial charge >= 0.3 is 11.6 Å². The number of rotatable bonds is 7. The Labute approximate surface area is 208 Å². The average molecular weight is 486 g/mol. The number of carbonyl (C=O) groups excluding carboxylic acids is 2. The van der Waals surface area contributed by atoms with Crippen LogP contribution in [0.15, 0.2) is 88.1 Å². The fourth-order valence-electron chi connectivity index (χ4n) is 3.70. The van der Waals surface area contributed by atoms with E-state index < -0.39 is 17.5 Å². The molecule has 0 atom stereocenters. The third kappa shape index (κ3) is 5.99. The number of carbonyl (C=O) groups is 2. The van der Waals surface area contributed by atoms with Crippen LogP contribution in [0, 0.1) is 0 Å². The Morgan fingerprint density at radius 2 is 1.64 bits per heavy atom. The summed E-state index contributed by atoms with van der Waals surface area (Å²) in [5.74, 6) is -0.316. The van der Waals surface area contributed by atoms with Gasteiger partial charge in [0.25, 0.3) is 5.91 Å². The van der Waals surface area contributed by atoms with E-state index in [2.05, 4.69) is 26.1 Å². The first-order valence-electron chi connectivity index (χ1n) is 11.5. The highest BCUT2D eigenvalue weighted by atomic mass is 16.6. The van der Waals surface area contributed by atoms with Crippen molar-refractivity contribution in [2.75, 3.05) is 6.61 Å². The molecule has 7 nitrogen and oxygen atoms in total. The van der Waals surface area contributed by atoms with E-state index in [1.807, 2.05) is 54.6 Å². The summed E-state index contributed by atoms with van der Waals surface area (Å²) in [6.45, 7) is 6.20. The van der Waals surface area contributed by atoms with Gasteiger partial charge in [-0.3, -0.25) is 4.79 Å². The molecular weight excluding hydrogens is 458 g/mol. The first-order chi connectivity index (χ1) is 17.2. The summed E-state index contributed by atoms with van der Waals surface area (Å²) in [7, 11) is 0. The summed E-state index contributed by atoms with van der Waals surface area (Å²) < 4.78 is 16.4. The predicted molar refractivity (Wildman–Crippen MR) is 136 cm³/mol. The van der Waals surface area contributed by atoms with Crippen molar-refractivity contribution in [3.63, 3.8) is 0 Å². The van der Waals surface area contributed by atoms with Crippen LogP contribution in [0.3, 0.4) is 0 Å². The minimum absolute atomic E-state index is 0.103. The quantitative estimate of drug-likeness (QED) is 0.225. The Kier molecular flexibility index (Phi) is 7.20. The van der Waals surface area contributed by atoms with Gasteiger partial charge in [-0.1, -0.05) is 69.3 Å². The number of nitrogens with one attached hydrogen (secondary N) is 1. The molecule has 7 heteroatoms. The normalized spacial score (nSPS) is 11.2. The number of hydrogen-bond donors (Lipinski definition) is 1. The number of fused-ring (bicyclic) bond motifs is 1. The van der Waals surface area contributed by atoms with Gasteiger partial charge < -0.3 is 19.2 Å². The van der Waals surface area contributed by atoms with Crippen molar-refractivity contribution in [1.82, 2.24) is 5.32 Å². The lowest BCUT2D eigenvalue weighted by Gasteiger charge is -2.22. The van der Waals surface area contributed by atoms with E-state index in [1.54, 1.807) is 12.1 Å². The van der Waals surface area contributed by atoms with Crippen molar-refractivity contribution in [2.24, 2.45) is 0 Å². The molecule has 0 saturated carbocycles. The number of ether oxygens (including phenoxy) is 2. The van der Waals surface area contributed by atoms with Crippen molar-refractivity contribution in [1.29, 1.82) is 0 Å². The molecule has 1 heterocycles. The molecule has 0 aliphatic carbocycles. The highest BCUT2D eigenvalue weighted by molar-refractivity contribution is 5.96. The lowest BCUT2D eigenvalue weighted by Crippen LogP contribution is -2.27. The maximum absolute atomic E-state index is 12.5. The average Bonchev–Trinajstić information content (AvgIpc) is 2.86. The number of benzene rings is 3. The summed E-state index contributed by atoms with van der Waals surface area (Å²) in [5, 5.41) is 3.24. The molecule has 0 saturated heterocycles. The molecule has 1 aromatic heterocycles. The number of para-hydroxylation sites is 1. The minimum atomic E-state index is -0.779. The van der Waals surface area contributed by atoms with Crippen LogP contribution in [-0.2, 0) is 16.8 Å². The Morgan fingerprint density at radius 1 is 0.917 bits per heavy atom. The van der Waals surface area contributed by atoms with Gasteiger partial charge in [-0.15, -0.1) is 0 Å². The van der Waals surface area contributed by atoms with Crippen molar-refractivity contribution in [3.8, 4) is 11.5 Å². The van der Waals surface area contributed by atoms with Crippen LogP contribution in [0.1, 0.15) is 42.3 Å². The van der Waals surface area contributed by atoms with Crippen LogP contribution < -0.4 is 20.4 Å². The molecular formula is C29H27NO6. The van der Waals surface area contributed by atoms with Crippen molar-refractivity contribution >= 4 is 22.8 Å². The highest BCUT2D eigenvalue weighted by Crippen LogP contribution is 2.31. The van der Waals surface area contributed by atoms with E-state index >= 15 is 0 Å². The summed E-state index contributed by atoms with van der Waals surface area (Å²) in [5.41, 5.74) is 1.06. The van der Waals surface area contributed by atoms with E-state index in [1.165, 1.54) is 12.1 Å². The monoisotopic (exact) mass is 485 g/mol. The van der Waals surface area contributed by atoms with Crippen LogP contribution in [0.2, 0.25) is 0 Å². The van der Waals surface area contributed by atoms with Gasteiger partial charge in [0, 0.05) is 18.0 Å². The second-order valence-corrected chi connectivity index (χ2v) is 9.32. The molecule has 3 aromatic carbocycles. The maximum Gasteiger partial charge on any atom is 0.349 e. The lowest BCUT2D eigenvalue weighted by atomic mass is 9.86. The van der Waals surface area contributed by atoms with Gasteiger partial charge in [0.2, 0.25) is 0 Å². The Bertz CT molecular complexity index is 1450. The lowest BCUT2D eigenvalue weighted by molar-refractivity contribution is -0.136. The summed E-state index contributed by atoms with van der Waals surface area (Å²) in [6.07, 6.45) is 0. The molecule has 184 valence electrons. The summed E-state index contributed by atoms with van der Waals surface area (Å²) in [4.78, 5) is 37.3. The summed E-state index contributed by atoms with van der Waals surface area (Å²) >= 11 is 0. The summed E-state index contributed by atoms with van der Waals surface area (Å²) in [6, 6.07) is 23.0. The molecule has 0 unspecified atom stereocenters. The van der Waals surface area contributed by atoms with Gasteiger partial charge in [-0.2, -0.15) is 0 Å². The van der Waals surface area contributed by atoms with E-state index in [0.29, 0.717) is 11.1 Å². The fraction of sp³-hybridized carbons (Fsp3) is 0.207. The van der Waals surface area contributed by atoms with E-state index in [-0.39, 0.29) is 35.5 Å². The zero-order chi connectivity index (χ0) is 25.7. The Hall–Kier alpha value is -4.39. The molecule has 4 rings (SSSR count). The first kappa shape index (κ1) is 24.7. The van der Waals surface area contributed by atoms with Crippen LogP contribution in [-0.4, -0.2) is 18.5 Å². The van der Waals surface area contributed by atoms with Crippen molar-refractivity contribution < 1.29 is 23.5 Å². The zero-order valence-corrected chi connectivity index (χ0v) is 20.4. The number of amides is 1. The minimum Gasteiger partial charge on any atom is -0.482 e. The molecule has 0 fully saturated rings. The molecule has 1 amide bonds. The number of esters is 1. The molecule has 4 aromatic rings. The molecule has 0 aliphatic heterocycles. The van der Waals surface area contributed by atoms with Gasteiger partial charge in [-0.05, 0) is 40.8 Å². The van der Waals surface area contributed by atoms with Crippen molar-refractivity contribution in [2.45, 2.75) is 32.7 Å². The van der Waals surface area contributed by atoms with E-state index in [0.717, 1.165) is 11.1 Å².